The molecule has 0 spiro atoms. The fraction of sp³-hybridized carbons (Fsp3) is 0.0769. The van der Waals surface area contributed by atoms with Gasteiger partial charge in [-0.05, 0) is 18.2 Å². The van der Waals surface area contributed by atoms with E-state index in [1.54, 1.807) is 7.05 Å². The summed E-state index contributed by atoms with van der Waals surface area (Å²) in [7, 11) is 1.57. The third-order valence-corrected chi connectivity index (χ3v) is 3.28. The Morgan fingerprint density at radius 3 is 2.30 bits per heavy atom. The van der Waals surface area contributed by atoms with E-state index in [1.165, 1.54) is 35.0 Å². The summed E-state index contributed by atoms with van der Waals surface area (Å²) in [5, 5.41) is 0.549. The second kappa shape index (κ2) is 5.87. The molecule has 0 aliphatic rings. The molecule has 0 unspecified atom stereocenters. The van der Waals surface area contributed by atoms with Gasteiger partial charge in [-0.25, -0.2) is 4.79 Å². The largest absolute Gasteiger partial charge is 0.420 e. The molecule has 0 amide bonds. The van der Waals surface area contributed by atoms with Gasteiger partial charge in [-0.2, -0.15) is 0 Å². The van der Waals surface area contributed by atoms with Crippen LogP contribution in [-0.2, 0) is 7.05 Å². The standard InChI is InChI=1S/C13H8Cl3NO3/c1-17-3-2-7(4-11(17)18)13(19)20-12-9(15)5-8(14)6-10(12)16/h2-6H,1H3. The number of carbonyl (C=O) groups is 1. The molecule has 0 saturated heterocycles. The van der Waals surface area contributed by atoms with Gasteiger partial charge >= 0.3 is 5.97 Å². The molecule has 20 heavy (non-hydrogen) atoms. The minimum absolute atomic E-state index is 0.00316. The lowest BCUT2D eigenvalue weighted by molar-refractivity contribution is 0.0734. The third kappa shape index (κ3) is 3.15. The van der Waals surface area contributed by atoms with E-state index in [4.69, 9.17) is 39.5 Å². The van der Waals surface area contributed by atoms with Gasteiger partial charge in [0, 0.05) is 24.3 Å². The van der Waals surface area contributed by atoms with Crippen molar-refractivity contribution in [3.8, 4) is 5.75 Å². The Balaban J connectivity index is 2.32. The summed E-state index contributed by atoms with van der Waals surface area (Å²) in [5.74, 6) is -0.725. The highest BCUT2D eigenvalue weighted by Gasteiger charge is 2.15. The molecule has 1 heterocycles. The number of nitrogens with zero attached hydrogens (tertiary/aromatic N) is 1. The van der Waals surface area contributed by atoms with Gasteiger partial charge in [-0.1, -0.05) is 34.8 Å². The van der Waals surface area contributed by atoms with Gasteiger partial charge in [0.1, 0.15) is 0 Å². The second-order valence-corrected chi connectivity index (χ2v) is 5.20. The lowest BCUT2D eigenvalue weighted by atomic mass is 10.2. The average molecular weight is 333 g/mol. The van der Waals surface area contributed by atoms with Crippen LogP contribution in [0.4, 0.5) is 0 Å². The summed E-state index contributed by atoms with van der Waals surface area (Å²) < 4.78 is 6.43. The molecule has 1 aromatic heterocycles. The summed E-state index contributed by atoms with van der Waals surface area (Å²) >= 11 is 17.6. The SMILES string of the molecule is Cn1ccc(C(=O)Oc2c(Cl)cc(Cl)cc2Cl)cc1=O. The zero-order valence-electron chi connectivity index (χ0n) is 10.2. The van der Waals surface area contributed by atoms with Gasteiger partial charge in [0.15, 0.2) is 5.75 Å². The molecule has 0 N–H and O–H groups in total. The number of ether oxygens (including phenoxy) is 1. The summed E-state index contributed by atoms with van der Waals surface area (Å²) in [4.78, 5) is 23.4. The molecule has 0 atom stereocenters. The molecule has 0 fully saturated rings. The number of benzene rings is 1. The molecule has 1 aromatic carbocycles. The van der Waals surface area contributed by atoms with Gasteiger partial charge in [-0.15, -0.1) is 0 Å². The smallest absolute Gasteiger partial charge is 0.343 e. The minimum Gasteiger partial charge on any atom is -0.420 e. The summed E-state index contributed by atoms with van der Waals surface area (Å²) in [6, 6.07) is 5.44. The summed E-state index contributed by atoms with van der Waals surface area (Å²) in [6.07, 6.45) is 1.46. The van der Waals surface area contributed by atoms with E-state index in [-0.39, 0.29) is 26.9 Å². The van der Waals surface area contributed by atoms with Crippen LogP contribution >= 0.6 is 34.8 Å². The quantitative estimate of drug-likeness (QED) is 0.624. The lowest BCUT2D eigenvalue weighted by Crippen LogP contribution is -2.19. The van der Waals surface area contributed by atoms with Crippen molar-refractivity contribution >= 4 is 40.8 Å². The van der Waals surface area contributed by atoms with Gasteiger partial charge in [0.25, 0.3) is 5.56 Å². The first kappa shape index (κ1) is 14.9. The highest BCUT2D eigenvalue weighted by molar-refractivity contribution is 6.40. The maximum absolute atomic E-state index is 11.9. The van der Waals surface area contributed by atoms with Crippen molar-refractivity contribution in [2.45, 2.75) is 0 Å². The fourth-order valence-electron chi connectivity index (χ4n) is 1.45. The zero-order valence-corrected chi connectivity index (χ0v) is 12.5. The predicted octanol–water partition coefficient (Wildman–Crippen LogP) is 3.56. The Hall–Kier alpha value is -1.49. The molecule has 0 radical (unpaired) electrons. The van der Waals surface area contributed by atoms with Crippen LogP contribution in [0.2, 0.25) is 15.1 Å². The average Bonchev–Trinajstić information content (AvgIpc) is 2.36. The van der Waals surface area contributed by atoms with E-state index in [1.807, 2.05) is 0 Å². The number of halogens is 3. The minimum atomic E-state index is -0.728. The number of esters is 1. The Kier molecular flexibility index (Phi) is 4.38. The first-order valence-corrected chi connectivity index (χ1v) is 6.55. The van der Waals surface area contributed by atoms with Crippen LogP contribution in [0.3, 0.4) is 0 Å². The monoisotopic (exact) mass is 331 g/mol. The molecule has 104 valence electrons. The Morgan fingerprint density at radius 1 is 1.15 bits per heavy atom. The third-order valence-electron chi connectivity index (χ3n) is 2.50. The predicted molar refractivity (Wildman–Crippen MR) is 78.1 cm³/mol. The number of pyridine rings is 1. The van der Waals surface area contributed by atoms with Crippen LogP contribution in [0.15, 0.2) is 35.3 Å². The van der Waals surface area contributed by atoms with Gasteiger partial charge in [0.05, 0.1) is 15.6 Å². The molecule has 4 nitrogen and oxygen atoms in total. The van der Waals surface area contributed by atoms with Crippen molar-refractivity contribution in [1.29, 1.82) is 0 Å². The van der Waals surface area contributed by atoms with Gasteiger partial charge < -0.3 is 9.30 Å². The van der Waals surface area contributed by atoms with Crippen molar-refractivity contribution in [3.05, 3.63) is 61.4 Å². The number of hydrogen-bond acceptors (Lipinski definition) is 3. The van der Waals surface area contributed by atoms with E-state index in [0.717, 1.165) is 0 Å². The van der Waals surface area contributed by atoms with E-state index in [0.29, 0.717) is 5.02 Å². The number of aryl methyl sites for hydroxylation is 1. The lowest BCUT2D eigenvalue weighted by Gasteiger charge is -2.08. The Labute approximate surface area is 129 Å². The van der Waals surface area contributed by atoms with Crippen molar-refractivity contribution < 1.29 is 9.53 Å². The number of aromatic nitrogens is 1. The van der Waals surface area contributed by atoms with E-state index < -0.39 is 5.97 Å². The van der Waals surface area contributed by atoms with Crippen LogP contribution in [0.5, 0.6) is 5.75 Å². The van der Waals surface area contributed by atoms with Crippen molar-refractivity contribution in [3.63, 3.8) is 0 Å². The first-order valence-electron chi connectivity index (χ1n) is 5.42. The topological polar surface area (TPSA) is 48.3 Å². The Bertz CT molecular complexity index is 717. The molecule has 2 aromatic rings. The second-order valence-electron chi connectivity index (χ2n) is 3.95. The zero-order chi connectivity index (χ0) is 14.9. The van der Waals surface area contributed by atoms with E-state index in [9.17, 15) is 9.59 Å². The van der Waals surface area contributed by atoms with E-state index >= 15 is 0 Å². The molecular formula is C13H8Cl3NO3. The molecule has 7 heteroatoms. The fourth-order valence-corrected chi connectivity index (χ4v) is 2.35. The van der Waals surface area contributed by atoms with Gasteiger partial charge in [-0.3, -0.25) is 4.79 Å². The van der Waals surface area contributed by atoms with E-state index in [2.05, 4.69) is 0 Å². The molecule has 0 bridgehead atoms. The molecule has 0 saturated carbocycles. The van der Waals surface area contributed by atoms with Crippen molar-refractivity contribution in [1.82, 2.24) is 4.57 Å². The highest BCUT2D eigenvalue weighted by Crippen LogP contribution is 2.36. The maximum Gasteiger partial charge on any atom is 0.343 e. The number of carbonyl (C=O) groups excluding carboxylic acids is 1. The highest BCUT2D eigenvalue weighted by atomic mass is 35.5. The number of rotatable bonds is 2. The van der Waals surface area contributed by atoms with Crippen molar-refractivity contribution in [2.24, 2.45) is 7.05 Å². The first-order chi connectivity index (χ1) is 9.38. The van der Waals surface area contributed by atoms with Crippen LogP contribution in [0, 0.1) is 0 Å². The van der Waals surface area contributed by atoms with Crippen LogP contribution in [0.25, 0.3) is 0 Å². The maximum atomic E-state index is 11.9. The van der Waals surface area contributed by atoms with Crippen LogP contribution in [0.1, 0.15) is 10.4 Å². The number of hydrogen-bond donors (Lipinski definition) is 0. The van der Waals surface area contributed by atoms with Crippen molar-refractivity contribution in [2.75, 3.05) is 0 Å². The Morgan fingerprint density at radius 2 is 1.75 bits per heavy atom. The van der Waals surface area contributed by atoms with Crippen LogP contribution < -0.4 is 10.3 Å². The summed E-state index contributed by atoms with van der Waals surface area (Å²) in [6.45, 7) is 0. The van der Waals surface area contributed by atoms with Crippen LogP contribution in [-0.4, -0.2) is 10.5 Å². The molecular weight excluding hydrogens is 325 g/mol. The van der Waals surface area contributed by atoms with Gasteiger partial charge in [0.2, 0.25) is 0 Å². The molecule has 0 aliphatic carbocycles. The molecule has 2 rings (SSSR count). The summed E-state index contributed by atoms with van der Waals surface area (Å²) in [5.41, 5.74) is -0.220. The normalized spacial score (nSPS) is 10.4. The molecule has 0 aliphatic heterocycles.